The van der Waals surface area contributed by atoms with Gasteiger partial charge in [0, 0.05) is 0 Å². The Morgan fingerprint density at radius 2 is 1.09 bits per heavy atom. The van der Waals surface area contributed by atoms with E-state index in [0.29, 0.717) is 5.56 Å². The van der Waals surface area contributed by atoms with Crippen LogP contribution in [-0.4, -0.2) is 70.6 Å². The Morgan fingerprint density at radius 3 is 1.56 bits per heavy atom. The molecule has 0 fully saturated rings. The number of amides is 3. The fraction of sp³-hybridized carbons (Fsp3) is 0.500. The lowest BCUT2D eigenvalue weighted by Gasteiger charge is -2.25. The smallest absolute Gasteiger partial charge is 0.414 e. The van der Waals surface area contributed by atoms with E-state index in [4.69, 9.17) is 28.4 Å². The van der Waals surface area contributed by atoms with Crippen molar-refractivity contribution in [2.45, 2.75) is 125 Å². The van der Waals surface area contributed by atoms with Crippen molar-refractivity contribution in [3.8, 4) is 5.75 Å². The van der Waals surface area contributed by atoms with Gasteiger partial charge >= 0.3 is 36.2 Å². The summed E-state index contributed by atoms with van der Waals surface area (Å²) in [6.07, 6.45) is -3.15. The zero-order chi connectivity index (χ0) is 41.1. The third-order valence-corrected chi connectivity index (χ3v) is 5.86. The standard InChI is InChI=1S/C38H52N4O12/c1-35(2,3)51-28(43)21-27(30(45)52-36(4,5)6)40-32(46)49-22-23-13-19-26(20-14-23)50-29(44)24-15-17-25(18-16-24)39-31(41-33(47)53-37(7,8)9)42-34(48)54-38(10,11)12/h13-20,27H,21-22H2,1-12H3,(H,40,46)(H2,39,41,42,47,48)/t27-/m0/s1. The second-order valence-corrected chi connectivity index (χ2v) is 15.9. The van der Waals surface area contributed by atoms with Gasteiger partial charge in [0.1, 0.15) is 40.8 Å². The van der Waals surface area contributed by atoms with E-state index in [2.05, 4.69) is 20.9 Å². The Kier molecular flexibility index (Phi) is 15.1. The zero-order valence-electron chi connectivity index (χ0n) is 33.0. The van der Waals surface area contributed by atoms with Gasteiger partial charge in [-0.1, -0.05) is 12.1 Å². The number of ether oxygens (including phenoxy) is 6. The lowest BCUT2D eigenvalue weighted by molar-refractivity contribution is -0.164. The number of hydrogen-bond acceptors (Lipinski definition) is 13. The average Bonchev–Trinajstić information content (AvgIpc) is 2.97. The molecule has 0 saturated heterocycles. The quantitative estimate of drug-likeness (QED) is 0.0813. The first-order valence-electron chi connectivity index (χ1n) is 17.0. The van der Waals surface area contributed by atoms with E-state index in [9.17, 15) is 28.8 Å². The predicted molar refractivity (Wildman–Crippen MR) is 197 cm³/mol. The summed E-state index contributed by atoms with van der Waals surface area (Å²) in [5, 5.41) is 7.13. The van der Waals surface area contributed by atoms with Gasteiger partial charge in [0.25, 0.3) is 0 Å². The number of carbonyl (C=O) groups excluding carboxylic acids is 6. The molecule has 1 atom stereocenters. The Labute approximate surface area is 315 Å². The summed E-state index contributed by atoms with van der Waals surface area (Å²) in [4.78, 5) is 79.5. The number of aliphatic imine (C=N–C) groups is 1. The third kappa shape index (κ3) is 18.7. The van der Waals surface area contributed by atoms with Crippen molar-refractivity contribution in [1.82, 2.24) is 16.0 Å². The van der Waals surface area contributed by atoms with Gasteiger partial charge in [-0.2, -0.15) is 0 Å². The molecule has 0 aliphatic rings. The fourth-order valence-electron chi connectivity index (χ4n) is 3.96. The summed E-state index contributed by atoms with van der Waals surface area (Å²) in [5.41, 5.74) is -2.32. The van der Waals surface area contributed by atoms with Crippen LogP contribution in [0.4, 0.5) is 20.1 Å². The maximum Gasteiger partial charge on any atom is 0.414 e. The van der Waals surface area contributed by atoms with Crippen molar-refractivity contribution in [3.63, 3.8) is 0 Å². The van der Waals surface area contributed by atoms with E-state index in [1.165, 1.54) is 36.4 Å². The minimum atomic E-state index is -1.35. The SMILES string of the molecule is CC(C)(C)OC(=O)C[C@H](NC(=O)OCc1ccc(OC(=O)c2ccc(N=C(NC(=O)OC(C)(C)C)NC(=O)OC(C)(C)C)cc2)cc1)C(=O)OC(C)(C)C. The van der Waals surface area contributed by atoms with Gasteiger partial charge < -0.3 is 33.7 Å². The van der Waals surface area contributed by atoms with Crippen LogP contribution in [0.5, 0.6) is 5.75 Å². The monoisotopic (exact) mass is 756 g/mol. The van der Waals surface area contributed by atoms with Crippen LogP contribution in [0.2, 0.25) is 0 Å². The molecule has 0 aliphatic carbocycles. The highest BCUT2D eigenvalue weighted by Gasteiger charge is 2.31. The lowest BCUT2D eigenvalue weighted by atomic mass is 10.1. The van der Waals surface area contributed by atoms with Gasteiger partial charge in [0.05, 0.1) is 17.7 Å². The molecular formula is C38H52N4O12. The van der Waals surface area contributed by atoms with Gasteiger partial charge in [-0.15, -0.1) is 0 Å². The van der Waals surface area contributed by atoms with Crippen LogP contribution in [0.3, 0.4) is 0 Å². The summed E-state index contributed by atoms with van der Waals surface area (Å²) in [6.45, 7) is 19.9. The van der Waals surface area contributed by atoms with Gasteiger partial charge in [-0.25, -0.2) is 29.0 Å². The first kappa shape index (κ1) is 44.5. The first-order chi connectivity index (χ1) is 24.7. The van der Waals surface area contributed by atoms with E-state index in [0.717, 1.165) is 0 Å². The van der Waals surface area contributed by atoms with Crippen LogP contribution < -0.4 is 20.7 Å². The normalized spacial score (nSPS) is 12.2. The van der Waals surface area contributed by atoms with E-state index >= 15 is 0 Å². The van der Waals surface area contributed by atoms with Crippen molar-refractivity contribution < 1.29 is 57.2 Å². The summed E-state index contributed by atoms with van der Waals surface area (Å²) in [5.74, 6) is -2.29. The van der Waals surface area contributed by atoms with E-state index in [1.54, 1.807) is 95.2 Å². The predicted octanol–water partition coefficient (Wildman–Crippen LogP) is 6.61. The van der Waals surface area contributed by atoms with Crippen LogP contribution >= 0.6 is 0 Å². The van der Waals surface area contributed by atoms with Crippen LogP contribution in [-0.2, 0) is 39.9 Å². The highest BCUT2D eigenvalue weighted by atomic mass is 16.6. The first-order valence-corrected chi connectivity index (χ1v) is 17.0. The minimum Gasteiger partial charge on any atom is -0.460 e. The maximum absolute atomic E-state index is 12.8. The lowest BCUT2D eigenvalue weighted by Crippen LogP contribution is -2.47. The van der Waals surface area contributed by atoms with Gasteiger partial charge in [0.15, 0.2) is 0 Å². The molecule has 3 N–H and O–H groups in total. The van der Waals surface area contributed by atoms with Crippen molar-refractivity contribution in [2.75, 3.05) is 0 Å². The number of rotatable bonds is 9. The topological polar surface area (TPSA) is 206 Å². The second-order valence-electron chi connectivity index (χ2n) is 15.9. The van der Waals surface area contributed by atoms with Crippen molar-refractivity contribution in [1.29, 1.82) is 0 Å². The molecule has 0 saturated carbocycles. The summed E-state index contributed by atoms with van der Waals surface area (Å²) in [6, 6.07) is 10.6. The highest BCUT2D eigenvalue weighted by molar-refractivity contribution is 6.02. The van der Waals surface area contributed by atoms with Crippen molar-refractivity contribution in [3.05, 3.63) is 59.7 Å². The van der Waals surface area contributed by atoms with E-state index in [-0.39, 0.29) is 29.6 Å². The molecule has 2 aromatic rings. The summed E-state index contributed by atoms with van der Waals surface area (Å²) < 4.78 is 31.8. The molecular weight excluding hydrogens is 704 g/mol. The number of carbonyl (C=O) groups is 6. The fourth-order valence-corrected chi connectivity index (χ4v) is 3.96. The third-order valence-electron chi connectivity index (χ3n) is 5.86. The molecule has 2 aromatic carbocycles. The summed E-state index contributed by atoms with van der Waals surface area (Å²) in [7, 11) is 0. The maximum atomic E-state index is 12.8. The Hall–Kier alpha value is -5.67. The molecule has 0 radical (unpaired) electrons. The number of nitrogens with zero attached hydrogens (tertiary/aromatic N) is 1. The molecule has 16 nitrogen and oxygen atoms in total. The molecule has 296 valence electrons. The van der Waals surface area contributed by atoms with E-state index in [1.807, 2.05) is 0 Å². The second kappa shape index (κ2) is 18.4. The molecule has 2 rings (SSSR count). The molecule has 0 unspecified atom stereocenters. The molecule has 0 spiro atoms. The van der Waals surface area contributed by atoms with Gasteiger partial charge in [-0.3, -0.25) is 15.4 Å². The van der Waals surface area contributed by atoms with Crippen LogP contribution in [0.15, 0.2) is 53.5 Å². The Bertz CT molecular complexity index is 1640. The van der Waals surface area contributed by atoms with Crippen LogP contribution in [0.25, 0.3) is 0 Å². The van der Waals surface area contributed by atoms with Crippen LogP contribution in [0.1, 0.15) is 105 Å². The van der Waals surface area contributed by atoms with Crippen molar-refractivity contribution in [2.24, 2.45) is 4.99 Å². The molecule has 54 heavy (non-hydrogen) atoms. The zero-order valence-corrected chi connectivity index (χ0v) is 33.0. The Balaban J connectivity index is 2.05. The highest BCUT2D eigenvalue weighted by Crippen LogP contribution is 2.19. The van der Waals surface area contributed by atoms with Gasteiger partial charge in [-0.05, 0) is 125 Å². The van der Waals surface area contributed by atoms with E-state index < -0.39 is 71.1 Å². The molecule has 16 heteroatoms. The number of benzene rings is 2. The van der Waals surface area contributed by atoms with Gasteiger partial charge in [0.2, 0.25) is 5.96 Å². The number of esters is 3. The molecule has 3 amide bonds. The Morgan fingerprint density at radius 1 is 0.611 bits per heavy atom. The van der Waals surface area contributed by atoms with Crippen LogP contribution in [0, 0.1) is 0 Å². The molecule has 0 aromatic heterocycles. The summed E-state index contributed by atoms with van der Waals surface area (Å²) >= 11 is 0. The van der Waals surface area contributed by atoms with Crippen molar-refractivity contribution >= 4 is 47.8 Å². The minimum absolute atomic E-state index is 0.172. The number of hydrogen-bond donors (Lipinski definition) is 3. The average molecular weight is 757 g/mol. The molecule has 0 aliphatic heterocycles. The largest absolute Gasteiger partial charge is 0.460 e. The molecule has 0 bridgehead atoms. The number of nitrogens with one attached hydrogen (secondary N) is 3. The number of guanidine groups is 1. The molecule has 0 heterocycles. The number of alkyl carbamates (subject to hydrolysis) is 3.